The maximum Gasteiger partial charge on any atom is 0.314 e. The van der Waals surface area contributed by atoms with Crippen LogP contribution in [-0.4, -0.2) is 20.9 Å². The lowest BCUT2D eigenvalue weighted by molar-refractivity contribution is -0.153. The van der Waals surface area contributed by atoms with Crippen LogP contribution in [0.15, 0.2) is 54.9 Å². The second kappa shape index (κ2) is 10.1. The van der Waals surface area contributed by atoms with Gasteiger partial charge in [0.05, 0.1) is 11.6 Å². The summed E-state index contributed by atoms with van der Waals surface area (Å²) >= 11 is 5.93. The predicted molar refractivity (Wildman–Crippen MR) is 133 cm³/mol. The van der Waals surface area contributed by atoms with Crippen molar-refractivity contribution >= 4 is 17.6 Å². The van der Waals surface area contributed by atoms with E-state index in [1.807, 2.05) is 26.8 Å². The van der Waals surface area contributed by atoms with Gasteiger partial charge in [-0.15, -0.1) is 0 Å². The molecule has 7 heteroatoms. The van der Waals surface area contributed by atoms with Crippen LogP contribution in [0.25, 0.3) is 0 Å². The number of esters is 1. The first kappa shape index (κ1) is 25.6. The van der Waals surface area contributed by atoms with E-state index in [9.17, 15) is 4.79 Å². The van der Waals surface area contributed by atoms with Gasteiger partial charge in [-0.25, -0.2) is 15.0 Å². The molecule has 3 rings (SSSR count). The Kier molecular flexibility index (Phi) is 7.61. The third-order valence-electron chi connectivity index (χ3n) is 5.27. The maximum atomic E-state index is 13.3. The number of carbonyl (C=O) groups excluding carboxylic acids is 1. The fourth-order valence-electron chi connectivity index (χ4n) is 3.50. The molecule has 2 atom stereocenters. The molecule has 180 valence electrons. The molecule has 3 aromatic rings. The lowest BCUT2D eigenvalue weighted by atomic mass is 9.77. The third-order valence-corrected chi connectivity index (χ3v) is 5.52. The first-order valence-corrected chi connectivity index (χ1v) is 11.7. The van der Waals surface area contributed by atoms with Gasteiger partial charge >= 0.3 is 5.97 Å². The first-order chi connectivity index (χ1) is 15.8. The second-order valence-corrected chi connectivity index (χ2v) is 10.9. The minimum absolute atomic E-state index is 0.171. The summed E-state index contributed by atoms with van der Waals surface area (Å²) in [5.41, 5.74) is 0.753. The van der Waals surface area contributed by atoms with Crippen molar-refractivity contribution in [3.63, 3.8) is 0 Å². The second-order valence-electron chi connectivity index (χ2n) is 10.4. The molecule has 0 N–H and O–H groups in total. The van der Waals surface area contributed by atoms with Crippen molar-refractivity contribution < 1.29 is 14.3 Å². The minimum Gasteiger partial charge on any atom is -0.456 e. The number of halogens is 1. The van der Waals surface area contributed by atoms with E-state index < -0.39 is 17.4 Å². The predicted octanol–water partition coefficient (Wildman–Crippen LogP) is 7.05. The molecule has 34 heavy (non-hydrogen) atoms. The number of benzene rings is 1. The highest BCUT2D eigenvalue weighted by Gasteiger charge is 2.36. The highest BCUT2D eigenvalue weighted by atomic mass is 35.5. The van der Waals surface area contributed by atoms with E-state index in [2.05, 4.69) is 35.7 Å². The monoisotopic (exact) mass is 481 g/mol. The number of aromatic nitrogens is 3. The zero-order valence-corrected chi connectivity index (χ0v) is 21.6. The molecule has 0 aliphatic carbocycles. The van der Waals surface area contributed by atoms with E-state index in [0.717, 1.165) is 11.4 Å². The zero-order chi connectivity index (χ0) is 25.1. The molecule has 1 aromatic carbocycles. The van der Waals surface area contributed by atoms with E-state index in [-0.39, 0.29) is 11.4 Å². The van der Waals surface area contributed by atoms with Crippen molar-refractivity contribution in [1.29, 1.82) is 0 Å². The zero-order valence-electron chi connectivity index (χ0n) is 20.8. The molecule has 2 unspecified atom stereocenters. The summed E-state index contributed by atoms with van der Waals surface area (Å²) in [5.74, 6) is 0.870. The van der Waals surface area contributed by atoms with Gasteiger partial charge < -0.3 is 9.47 Å². The number of rotatable bonds is 6. The molecule has 0 spiro atoms. The van der Waals surface area contributed by atoms with Crippen molar-refractivity contribution in [1.82, 2.24) is 15.0 Å². The standard InChI is InChI=1S/C27H32ClN3O3/c1-17(21-9-8-10-22(31-21)34-20-13-11-19(28)12-14-20)33-24(32)23(26(2,3)4)18-15-29-25(30-16-18)27(5,6)7/h8-17,23H,1-7H3. The number of hydrogen-bond donors (Lipinski definition) is 0. The van der Waals surface area contributed by atoms with Gasteiger partial charge in [0.2, 0.25) is 5.88 Å². The molecule has 0 amide bonds. The summed E-state index contributed by atoms with van der Waals surface area (Å²) in [7, 11) is 0. The van der Waals surface area contributed by atoms with E-state index in [4.69, 9.17) is 21.1 Å². The van der Waals surface area contributed by atoms with E-state index in [1.54, 1.807) is 55.7 Å². The number of pyridine rings is 1. The molecule has 0 aliphatic rings. The summed E-state index contributed by atoms with van der Waals surface area (Å²) in [4.78, 5) is 26.8. The van der Waals surface area contributed by atoms with E-state index in [1.165, 1.54) is 0 Å². The quantitative estimate of drug-likeness (QED) is 0.351. The number of ether oxygens (including phenoxy) is 2. The van der Waals surface area contributed by atoms with Crippen molar-refractivity contribution in [3.8, 4) is 11.6 Å². The third kappa shape index (κ3) is 6.54. The Balaban J connectivity index is 1.77. The van der Waals surface area contributed by atoms with Crippen molar-refractivity contribution in [2.75, 3.05) is 0 Å². The van der Waals surface area contributed by atoms with Gasteiger partial charge in [0.15, 0.2) is 0 Å². The van der Waals surface area contributed by atoms with Crippen LogP contribution in [0.3, 0.4) is 0 Å². The summed E-state index contributed by atoms with van der Waals surface area (Å²) in [6.07, 6.45) is 2.89. The molecule has 0 fully saturated rings. The SMILES string of the molecule is CC(OC(=O)C(c1cnc(C(C)(C)C)nc1)C(C)(C)C)c1cccc(Oc2ccc(Cl)cc2)n1. The fraction of sp³-hybridized carbons (Fsp3) is 0.407. The lowest BCUT2D eigenvalue weighted by Gasteiger charge is -2.30. The fourth-order valence-corrected chi connectivity index (χ4v) is 3.63. The summed E-state index contributed by atoms with van der Waals surface area (Å²) < 4.78 is 11.7. The Labute approximate surface area is 206 Å². The smallest absolute Gasteiger partial charge is 0.314 e. The molecule has 6 nitrogen and oxygen atoms in total. The van der Waals surface area contributed by atoms with Crippen molar-refractivity contribution in [2.24, 2.45) is 5.41 Å². The van der Waals surface area contributed by atoms with Crippen molar-refractivity contribution in [2.45, 2.75) is 65.9 Å². The largest absolute Gasteiger partial charge is 0.456 e. The molecule has 0 saturated carbocycles. The van der Waals surface area contributed by atoms with Crippen LogP contribution < -0.4 is 4.74 Å². The Morgan fingerprint density at radius 3 is 2.12 bits per heavy atom. The van der Waals surface area contributed by atoms with Crippen LogP contribution in [0.5, 0.6) is 11.6 Å². The Morgan fingerprint density at radius 2 is 1.56 bits per heavy atom. The molecule has 2 aromatic heterocycles. The van der Waals surface area contributed by atoms with E-state index >= 15 is 0 Å². The number of carbonyl (C=O) groups is 1. The average Bonchev–Trinajstić information content (AvgIpc) is 2.74. The summed E-state index contributed by atoms with van der Waals surface area (Å²) in [6.45, 7) is 14.0. The molecule has 0 radical (unpaired) electrons. The van der Waals surface area contributed by atoms with Crippen LogP contribution in [0.4, 0.5) is 0 Å². The molecule has 2 heterocycles. The van der Waals surface area contributed by atoms with Crippen molar-refractivity contribution in [3.05, 3.63) is 77.0 Å². The topological polar surface area (TPSA) is 74.2 Å². The van der Waals surface area contributed by atoms with Crippen LogP contribution in [0, 0.1) is 5.41 Å². The van der Waals surface area contributed by atoms with E-state index in [0.29, 0.717) is 22.3 Å². The molecule has 0 bridgehead atoms. The summed E-state index contributed by atoms with van der Waals surface area (Å²) in [6, 6.07) is 12.4. The minimum atomic E-state index is -0.569. The van der Waals surface area contributed by atoms with Gasteiger partial charge in [-0.05, 0) is 42.7 Å². The van der Waals surface area contributed by atoms with Gasteiger partial charge in [-0.3, -0.25) is 4.79 Å². The van der Waals surface area contributed by atoms with Crippen LogP contribution in [-0.2, 0) is 14.9 Å². The normalized spacial score (nSPS) is 13.8. The highest BCUT2D eigenvalue weighted by Crippen LogP contribution is 2.37. The Bertz CT molecular complexity index is 1120. The molecular weight excluding hydrogens is 450 g/mol. The Hall–Kier alpha value is -2.99. The Morgan fingerprint density at radius 1 is 0.941 bits per heavy atom. The molecule has 0 aliphatic heterocycles. The van der Waals surface area contributed by atoms with Gasteiger partial charge in [-0.2, -0.15) is 0 Å². The molecule has 0 saturated heterocycles. The van der Waals surface area contributed by atoms with Gasteiger partial charge in [0, 0.05) is 34.5 Å². The lowest BCUT2D eigenvalue weighted by Crippen LogP contribution is -2.29. The highest BCUT2D eigenvalue weighted by molar-refractivity contribution is 6.30. The van der Waals surface area contributed by atoms with Gasteiger partial charge in [0.25, 0.3) is 0 Å². The average molecular weight is 482 g/mol. The maximum absolute atomic E-state index is 13.3. The van der Waals surface area contributed by atoms with Crippen LogP contribution in [0.2, 0.25) is 5.02 Å². The van der Waals surface area contributed by atoms with Crippen LogP contribution >= 0.6 is 11.6 Å². The number of hydrogen-bond acceptors (Lipinski definition) is 6. The number of nitrogens with zero attached hydrogens (tertiary/aromatic N) is 3. The first-order valence-electron chi connectivity index (χ1n) is 11.3. The molecular formula is C27H32ClN3O3. The van der Waals surface area contributed by atoms with Gasteiger partial charge in [0.1, 0.15) is 17.7 Å². The van der Waals surface area contributed by atoms with Gasteiger partial charge in [-0.1, -0.05) is 59.2 Å². The summed E-state index contributed by atoms with van der Waals surface area (Å²) in [5, 5.41) is 0.626. The van der Waals surface area contributed by atoms with Crippen LogP contribution in [0.1, 0.15) is 77.6 Å².